The molecule has 1 fully saturated rings. The van der Waals surface area contributed by atoms with Gasteiger partial charge in [-0.05, 0) is 12.5 Å². The average molecular weight is 282 g/mol. The standard InChI is InChI=1S/C15H14N4O2/c1-15(11-5-3-2-4-6-11)14(21)19(9-13(20)18-15)12-7-16-10-17-8-12/h2-8,10H,9H2,1H3,(H,18,20). The molecule has 1 unspecified atom stereocenters. The molecular formula is C15H14N4O2. The van der Waals surface area contributed by atoms with Crippen LogP contribution in [0.5, 0.6) is 0 Å². The summed E-state index contributed by atoms with van der Waals surface area (Å²) in [5, 5.41) is 2.79. The quantitative estimate of drug-likeness (QED) is 0.886. The Hall–Kier alpha value is -2.76. The second-order valence-electron chi connectivity index (χ2n) is 5.03. The van der Waals surface area contributed by atoms with Gasteiger partial charge in [-0.3, -0.25) is 14.5 Å². The van der Waals surface area contributed by atoms with Gasteiger partial charge in [-0.2, -0.15) is 0 Å². The lowest BCUT2D eigenvalue weighted by Crippen LogP contribution is -2.63. The number of nitrogens with zero attached hydrogens (tertiary/aromatic N) is 3. The fraction of sp³-hybridized carbons (Fsp3) is 0.200. The smallest absolute Gasteiger partial charge is 0.257 e. The van der Waals surface area contributed by atoms with Crippen LogP contribution in [0, 0.1) is 0 Å². The Morgan fingerprint density at radius 1 is 1.14 bits per heavy atom. The average Bonchev–Trinajstić information content (AvgIpc) is 2.52. The van der Waals surface area contributed by atoms with Gasteiger partial charge in [0.25, 0.3) is 5.91 Å². The molecule has 21 heavy (non-hydrogen) atoms. The van der Waals surface area contributed by atoms with Crippen molar-refractivity contribution in [1.82, 2.24) is 15.3 Å². The van der Waals surface area contributed by atoms with E-state index in [0.29, 0.717) is 5.69 Å². The maximum atomic E-state index is 12.8. The van der Waals surface area contributed by atoms with Crippen molar-refractivity contribution in [1.29, 1.82) is 0 Å². The number of rotatable bonds is 2. The molecule has 1 N–H and O–H groups in total. The highest BCUT2D eigenvalue weighted by atomic mass is 16.2. The Labute approximate surface area is 121 Å². The van der Waals surface area contributed by atoms with E-state index in [1.807, 2.05) is 30.3 Å². The predicted molar refractivity (Wildman–Crippen MR) is 76.3 cm³/mol. The van der Waals surface area contributed by atoms with Crippen LogP contribution in [-0.2, 0) is 15.1 Å². The summed E-state index contributed by atoms with van der Waals surface area (Å²) in [5.74, 6) is -0.423. The highest BCUT2D eigenvalue weighted by molar-refractivity contribution is 6.09. The third-order valence-electron chi connectivity index (χ3n) is 3.57. The molecule has 106 valence electrons. The summed E-state index contributed by atoms with van der Waals surface area (Å²) in [6, 6.07) is 9.19. The molecule has 3 rings (SSSR count). The van der Waals surface area contributed by atoms with Gasteiger partial charge >= 0.3 is 0 Å². The number of benzene rings is 1. The van der Waals surface area contributed by atoms with E-state index in [2.05, 4.69) is 15.3 Å². The fourth-order valence-electron chi connectivity index (χ4n) is 2.46. The summed E-state index contributed by atoms with van der Waals surface area (Å²) >= 11 is 0. The summed E-state index contributed by atoms with van der Waals surface area (Å²) in [5.41, 5.74) is 0.163. The molecule has 1 aromatic carbocycles. The largest absolute Gasteiger partial charge is 0.337 e. The molecule has 0 saturated carbocycles. The van der Waals surface area contributed by atoms with Crippen LogP contribution in [0.2, 0.25) is 0 Å². The second kappa shape index (κ2) is 4.97. The van der Waals surface area contributed by atoms with E-state index in [-0.39, 0.29) is 18.4 Å². The van der Waals surface area contributed by atoms with Gasteiger partial charge in [0.05, 0.1) is 18.1 Å². The molecule has 2 aromatic rings. The van der Waals surface area contributed by atoms with Gasteiger partial charge in [0.15, 0.2) is 0 Å². The van der Waals surface area contributed by atoms with Crippen molar-refractivity contribution >= 4 is 17.5 Å². The van der Waals surface area contributed by atoms with Crippen LogP contribution < -0.4 is 10.2 Å². The van der Waals surface area contributed by atoms with Gasteiger partial charge in [-0.15, -0.1) is 0 Å². The Kier molecular flexibility index (Phi) is 3.13. The molecule has 1 aliphatic heterocycles. The molecule has 6 nitrogen and oxygen atoms in total. The van der Waals surface area contributed by atoms with Crippen molar-refractivity contribution in [3.63, 3.8) is 0 Å². The lowest BCUT2D eigenvalue weighted by molar-refractivity contribution is -0.135. The van der Waals surface area contributed by atoms with E-state index >= 15 is 0 Å². The molecule has 1 saturated heterocycles. The monoisotopic (exact) mass is 282 g/mol. The molecule has 1 atom stereocenters. The van der Waals surface area contributed by atoms with Crippen molar-refractivity contribution < 1.29 is 9.59 Å². The van der Waals surface area contributed by atoms with Crippen molar-refractivity contribution in [3.8, 4) is 0 Å². The minimum Gasteiger partial charge on any atom is -0.337 e. The molecular weight excluding hydrogens is 268 g/mol. The van der Waals surface area contributed by atoms with E-state index in [9.17, 15) is 9.59 Å². The molecule has 1 aliphatic rings. The summed E-state index contributed by atoms with van der Waals surface area (Å²) < 4.78 is 0. The maximum absolute atomic E-state index is 12.8. The highest BCUT2D eigenvalue weighted by Crippen LogP contribution is 2.28. The third kappa shape index (κ3) is 2.24. The maximum Gasteiger partial charge on any atom is 0.257 e. The Balaban J connectivity index is 2.03. The first kappa shape index (κ1) is 13.2. The first-order chi connectivity index (χ1) is 10.1. The van der Waals surface area contributed by atoms with Crippen LogP contribution in [0.25, 0.3) is 0 Å². The fourth-order valence-corrected chi connectivity index (χ4v) is 2.46. The SMILES string of the molecule is CC1(c2ccccc2)NC(=O)CN(c2cncnc2)C1=O. The first-order valence-electron chi connectivity index (χ1n) is 6.55. The lowest BCUT2D eigenvalue weighted by Gasteiger charge is -2.39. The van der Waals surface area contributed by atoms with Crippen LogP contribution in [0.1, 0.15) is 12.5 Å². The number of piperazine rings is 1. The molecule has 0 spiro atoms. The molecule has 0 radical (unpaired) electrons. The van der Waals surface area contributed by atoms with Gasteiger partial charge in [0.1, 0.15) is 18.4 Å². The molecule has 0 aliphatic carbocycles. The summed E-state index contributed by atoms with van der Waals surface area (Å²) in [6.07, 6.45) is 4.43. The van der Waals surface area contributed by atoms with Crippen LogP contribution in [0.3, 0.4) is 0 Å². The van der Waals surface area contributed by atoms with E-state index < -0.39 is 5.54 Å². The zero-order valence-corrected chi connectivity index (χ0v) is 11.5. The molecule has 2 heterocycles. The normalized spacial score (nSPS) is 22.0. The van der Waals surface area contributed by atoms with E-state index in [0.717, 1.165) is 5.56 Å². The van der Waals surface area contributed by atoms with Gasteiger partial charge < -0.3 is 5.32 Å². The number of aromatic nitrogens is 2. The number of carbonyl (C=O) groups excluding carboxylic acids is 2. The van der Waals surface area contributed by atoms with Crippen molar-refractivity contribution in [2.75, 3.05) is 11.4 Å². The number of hydrogen-bond donors (Lipinski definition) is 1. The van der Waals surface area contributed by atoms with E-state index in [1.165, 1.54) is 23.6 Å². The van der Waals surface area contributed by atoms with Gasteiger partial charge in [0.2, 0.25) is 5.91 Å². The highest BCUT2D eigenvalue weighted by Gasteiger charge is 2.44. The van der Waals surface area contributed by atoms with E-state index in [4.69, 9.17) is 0 Å². The summed E-state index contributed by atoms with van der Waals surface area (Å²) in [6.45, 7) is 1.67. The molecule has 1 aromatic heterocycles. The topological polar surface area (TPSA) is 75.2 Å². The number of carbonyl (C=O) groups is 2. The van der Waals surface area contributed by atoms with Crippen molar-refractivity contribution in [2.24, 2.45) is 0 Å². The zero-order valence-electron chi connectivity index (χ0n) is 11.5. The number of amides is 2. The minimum absolute atomic E-state index is 0.0331. The Morgan fingerprint density at radius 2 is 1.81 bits per heavy atom. The van der Waals surface area contributed by atoms with Crippen molar-refractivity contribution in [3.05, 3.63) is 54.6 Å². The predicted octanol–water partition coefficient (Wildman–Crippen LogP) is 0.855. The van der Waals surface area contributed by atoms with E-state index in [1.54, 1.807) is 6.92 Å². The number of nitrogens with one attached hydrogen (secondary N) is 1. The van der Waals surface area contributed by atoms with Gasteiger partial charge in [-0.25, -0.2) is 9.97 Å². The minimum atomic E-state index is -1.09. The van der Waals surface area contributed by atoms with Crippen LogP contribution >= 0.6 is 0 Å². The zero-order chi connectivity index (χ0) is 14.9. The number of hydrogen-bond acceptors (Lipinski definition) is 4. The van der Waals surface area contributed by atoms with Gasteiger partial charge in [0, 0.05) is 0 Å². The molecule has 2 amide bonds. The number of anilines is 1. The van der Waals surface area contributed by atoms with Crippen molar-refractivity contribution in [2.45, 2.75) is 12.5 Å². The molecule has 0 bridgehead atoms. The van der Waals surface area contributed by atoms with Gasteiger partial charge in [-0.1, -0.05) is 30.3 Å². The second-order valence-corrected chi connectivity index (χ2v) is 5.03. The first-order valence-corrected chi connectivity index (χ1v) is 6.55. The molecule has 6 heteroatoms. The lowest BCUT2D eigenvalue weighted by atomic mass is 9.88. The Bertz CT molecular complexity index is 675. The third-order valence-corrected chi connectivity index (χ3v) is 3.57. The summed E-state index contributed by atoms with van der Waals surface area (Å²) in [4.78, 5) is 34.1. The van der Waals surface area contributed by atoms with Crippen LogP contribution in [0.15, 0.2) is 49.1 Å². The van der Waals surface area contributed by atoms with Crippen LogP contribution in [-0.4, -0.2) is 28.3 Å². The summed E-state index contributed by atoms with van der Waals surface area (Å²) in [7, 11) is 0. The Morgan fingerprint density at radius 3 is 2.48 bits per heavy atom. The van der Waals surface area contributed by atoms with Crippen LogP contribution in [0.4, 0.5) is 5.69 Å².